The van der Waals surface area contributed by atoms with Gasteiger partial charge < -0.3 is 24.8 Å². The van der Waals surface area contributed by atoms with E-state index in [-0.39, 0.29) is 37.5 Å². The monoisotopic (exact) mass is 516 g/mol. The molecule has 0 unspecified atom stereocenters. The molecule has 2 rings (SSSR count). The van der Waals surface area contributed by atoms with Crippen LogP contribution in [0.2, 0.25) is 0 Å². The number of aromatic nitrogens is 2. The maximum atomic E-state index is 13.2. The standard InChI is InChI=1S/C26H36N4O7/c1-7-36-22(31)14-13-19(26(34)37-8-2)28-25(33)23(16(3)4)29-24(32)18-15-27-30(17(18)5)20-11-9-10-12-21(20)35-6/h9-12,15-16,19,23H,7-8,13-14H2,1-6H3,(H,28,33)(H,29,32)/t19-,23+/m1/s1. The fourth-order valence-corrected chi connectivity index (χ4v) is 3.68. The number of nitrogens with zero attached hydrogens (tertiary/aromatic N) is 2. The zero-order chi connectivity index (χ0) is 27.5. The Morgan fingerprint density at radius 3 is 2.32 bits per heavy atom. The summed E-state index contributed by atoms with van der Waals surface area (Å²) in [6, 6.07) is 5.25. The van der Waals surface area contributed by atoms with Crippen LogP contribution in [-0.2, 0) is 23.9 Å². The van der Waals surface area contributed by atoms with E-state index in [1.54, 1.807) is 52.5 Å². The molecule has 0 bridgehead atoms. The average Bonchev–Trinajstić information content (AvgIpc) is 3.25. The quantitative estimate of drug-likeness (QED) is 0.387. The van der Waals surface area contributed by atoms with Crippen LogP contribution >= 0.6 is 0 Å². The molecular formula is C26H36N4O7. The number of amides is 2. The SMILES string of the molecule is CCOC(=O)CC[C@@H](NC(=O)[C@@H](NC(=O)c1cnn(-c2ccccc2OC)c1C)C(C)C)C(=O)OCC. The largest absolute Gasteiger partial charge is 0.494 e. The molecule has 37 heavy (non-hydrogen) atoms. The molecule has 0 spiro atoms. The van der Waals surface area contributed by atoms with Crippen molar-refractivity contribution in [1.82, 2.24) is 20.4 Å². The lowest BCUT2D eigenvalue weighted by Gasteiger charge is -2.24. The molecule has 1 aromatic heterocycles. The summed E-state index contributed by atoms with van der Waals surface area (Å²) in [6.07, 6.45) is 1.36. The fraction of sp³-hybridized carbons (Fsp3) is 0.500. The number of hydrogen-bond donors (Lipinski definition) is 2. The van der Waals surface area contributed by atoms with Crippen LogP contribution < -0.4 is 15.4 Å². The molecule has 11 heteroatoms. The average molecular weight is 517 g/mol. The summed E-state index contributed by atoms with van der Waals surface area (Å²) in [5, 5.41) is 9.70. The number of ether oxygens (including phenoxy) is 3. The van der Waals surface area contributed by atoms with Crippen LogP contribution in [0, 0.1) is 12.8 Å². The van der Waals surface area contributed by atoms with E-state index in [4.69, 9.17) is 14.2 Å². The number of para-hydroxylation sites is 2. The Morgan fingerprint density at radius 1 is 1.03 bits per heavy atom. The van der Waals surface area contributed by atoms with E-state index in [0.29, 0.717) is 17.1 Å². The summed E-state index contributed by atoms with van der Waals surface area (Å²) < 4.78 is 16.9. The van der Waals surface area contributed by atoms with Crippen molar-refractivity contribution in [3.05, 3.63) is 41.7 Å². The van der Waals surface area contributed by atoms with Gasteiger partial charge in [0.1, 0.15) is 23.5 Å². The molecule has 0 aliphatic rings. The van der Waals surface area contributed by atoms with E-state index < -0.39 is 35.8 Å². The Hall–Kier alpha value is -3.89. The summed E-state index contributed by atoms with van der Waals surface area (Å²) in [4.78, 5) is 50.5. The van der Waals surface area contributed by atoms with Crippen LogP contribution in [0.15, 0.2) is 30.5 Å². The Morgan fingerprint density at radius 2 is 1.70 bits per heavy atom. The van der Waals surface area contributed by atoms with Crippen molar-refractivity contribution < 1.29 is 33.4 Å². The van der Waals surface area contributed by atoms with Gasteiger partial charge in [-0.1, -0.05) is 26.0 Å². The second kappa shape index (κ2) is 14.0. The number of methoxy groups -OCH3 is 1. The number of nitrogens with one attached hydrogen (secondary N) is 2. The van der Waals surface area contributed by atoms with Crippen LogP contribution in [0.1, 0.15) is 56.6 Å². The van der Waals surface area contributed by atoms with E-state index in [0.717, 1.165) is 0 Å². The first kappa shape index (κ1) is 29.3. The van der Waals surface area contributed by atoms with Crippen LogP contribution in [0.25, 0.3) is 5.69 Å². The third-order valence-electron chi connectivity index (χ3n) is 5.63. The molecule has 202 valence electrons. The van der Waals surface area contributed by atoms with E-state index in [9.17, 15) is 19.2 Å². The van der Waals surface area contributed by atoms with Gasteiger partial charge in [0, 0.05) is 6.42 Å². The van der Waals surface area contributed by atoms with Crippen LogP contribution in [0.5, 0.6) is 5.75 Å². The van der Waals surface area contributed by atoms with Gasteiger partial charge in [-0.15, -0.1) is 0 Å². The van der Waals surface area contributed by atoms with Crippen molar-refractivity contribution in [3.63, 3.8) is 0 Å². The first-order valence-electron chi connectivity index (χ1n) is 12.3. The maximum Gasteiger partial charge on any atom is 0.328 e. The number of carbonyl (C=O) groups is 4. The van der Waals surface area contributed by atoms with Gasteiger partial charge in [0.05, 0.1) is 37.8 Å². The number of carbonyl (C=O) groups excluding carboxylic acids is 4. The minimum atomic E-state index is -1.06. The Labute approximate surface area is 216 Å². The molecule has 0 fully saturated rings. The van der Waals surface area contributed by atoms with Gasteiger partial charge in [0.15, 0.2) is 0 Å². The molecule has 0 aliphatic carbocycles. The van der Waals surface area contributed by atoms with Crippen molar-refractivity contribution >= 4 is 23.8 Å². The van der Waals surface area contributed by atoms with Gasteiger partial charge in [-0.2, -0.15) is 5.10 Å². The summed E-state index contributed by atoms with van der Waals surface area (Å²) in [5.74, 6) is -1.92. The zero-order valence-corrected chi connectivity index (χ0v) is 22.2. The lowest BCUT2D eigenvalue weighted by atomic mass is 10.0. The number of benzene rings is 1. The van der Waals surface area contributed by atoms with Gasteiger partial charge >= 0.3 is 11.9 Å². The van der Waals surface area contributed by atoms with Gasteiger partial charge in [-0.05, 0) is 45.2 Å². The zero-order valence-electron chi connectivity index (χ0n) is 22.2. The minimum absolute atomic E-state index is 0.00690. The molecule has 2 N–H and O–H groups in total. The summed E-state index contributed by atoms with van der Waals surface area (Å²) in [7, 11) is 1.55. The van der Waals surface area contributed by atoms with Gasteiger partial charge in [-0.25, -0.2) is 9.48 Å². The molecular weight excluding hydrogens is 480 g/mol. The molecule has 1 heterocycles. The Kier molecular flexibility index (Phi) is 11.1. The molecule has 0 saturated carbocycles. The Bertz CT molecular complexity index is 1100. The third kappa shape index (κ3) is 7.80. The molecule has 11 nitrogen and oxygen atoms in total. The highest BCUT2D eigenvalue weighted by Crippen LogP contribution is 2.24. The number of hydrogen-bond acceptors (Lipinski definition) is 8. The van der Waals surface area contributed by atoms with Crippen molar-refractivity contribution in [2.45, 2.75) is 59.5 Å². The highest BCUT2D eigenvalue weighted by atomic mass is 16.5. The predicted octanol–water partition coefficient (Wildman–Crippen LogP) is 2.33. The second-order valence-corrected chi connectivity index (χ2v) is 8.58. The Balaban J connectivity index is 2.19. The summed E-state index contributed by atoms with van der Waals surface area (Å²) >= 11 is 0. The number of esters is 2. The van der Waals surface area contributed by atoms with Crippen LogP contribution in [-0.4, -0.2) is 65.9 Å². The number of rotatable bonds is 13. The first-order chi connectivity index (χ1) is 17.6. The van der Waals surface area contributed by atoms with Crippen molar-refractivity contribution in [3.8, 4) is 11.4 Å². The van der Waals surface area contributed by atoms with Gasteiger partial charge in [0.25, 0.3) is 5.91 Å². The normalized spacial score (nSPS) is 12.4. The predicted molar refractivity (Wildman–Crippen MR) is 135 cm³/mol. The molecule has 2 atom stereocenters. The van der Waals surface area contributed by atoms with Gasteiger partial charge in [0.2, 0.25) is 5.91 Å². The smallest absolute Gasteiger partial charge is 0.328 e. The molecule has 0 aliphatic heterocycles. The molecule has 1 aromatic carbocycles. The molecule has 0 radical (unpaired) electrons. The van der Waals surface area contributed by atoms with Crippen LogP contribution in [0.4, 0.5) is 0 Å². The lowest BCUT2D eigenvalue weighted by molar-refractivity contribution is -0.149. The topological polar surface area (TPSA) is 138 Å². The fourth-order valence-electron chi connectivity index (χ4n) is 3.68. The second-order valence-electron chi connectivity index (χ2n) is 8.58. The molecule has 0 saturated heterocycles. The van der Waals surface area contributed by atoms with E-state index in [1.165, 1.54) is 6.20 Å². The lowest BCUT2D eigenvalue weighted by Crippen LogP contribution is -2.54. The summed E-state index contributed by atoms with van der Waals surface area (Å²) in [6.45, 7) is 8.94. The van der Waals surface area contributed by atoms with Gasteiger partial charge in [-0.3, -0.25) is 14.4 Å². The van der Waals surface area contributed by atoms with Crippen LogP contribution in [0.3, 0.4) is 0 Å². The third-order valence-corrected chi connectivity index (χ3v) is 5.63. The van der Waals surface area contributed by atoms with Crippen molar-refractivity contribution in [1.29, 1.82) is 0 Å². The first-order valence-corrected chi connectivity index (χ1v) is 12.3. The van der Waals surface area contributed by atoms with E-state index in [2.05, 4.69) is 15.7 Å². The molecule has 2 aromatic rings. The highest BCUT2D eigenvalue weighted by molar-refractivity contribution is 5.99. The maximum absolute atomic E-state index is 13.2. The van der Waals surface area contributed by atoms with Crippen molar-refractivity contribution in [2.24, 2.45) is 5.92 Å². The highest BCUT2D eigenvalue weighted by Gasteiger charge is 2.31. The summed E-state index contributed by atoms with van der Waals surface area (Å²) in [5.41, 5.74) is 1.51. The van der Waals surface area contributed by atoms with E-state index >= 15 is 0 Å². The van der Waals surface area contributed by atoms with E-state index in [1.807, 2.05) is 18.2 Å². The molecule has 2 amide bonds. The van der Waals surface area contributed by atoms with Crippen molar-refractivity contribution in [2.75, 3.05) is 20.3 Å². The minimum Gasteiger partial charge on any atom is -0.494 e.